The van der Waals surface area contributed by atoms with Crippen LogP contribution in [0.5, 0.6) is 0 Å². The van der Waals surface area contributed by atoms with Crippen molar-refractivity contribution in [1.82, 2.24) is 0 Å². The quantitative estimate of drug-likeness (QED) is 0.318. The van der Waals surface area contributed by atoms with Crippen molar-refractivity contribution in [3.63, 3.8) is 0 Å². The molecule has 0 aliphatic carbocycles. The van der Waals surface area contributed by atoms with E-state index >= 15 is 0 Å². The van der Waals surface area contributed by atoms with E-state index in [-0.39, 0.29) is 63.1 Å². The molecule has 0 saturated heterocycles. The van der Waals surface area contributed by atoms with Crippen LogP contribution < -0.4 is 29.6 Å². The normalized spacial score (nSPS) is 0. The third-order valence-electron chi connectivity index (χ3n) is 0. The Hall–Kier alpha value is 1.40. The second-order valence-corrected chi connectivity index (χ2v) is 0. The van der Waals surface area contributed by atoms with Crippen molar-refractivity contribution in [2.45, 2.75) is 0 Å². The predicted octanol–water partition coefficient (Wildman–Crippen LogP) is -3.53. The number of hydrogen-bond donors (Lipinski definition) is 0. The maximum Gasteiger partial charge on any atom is 2.00 e. The molecule has 0 heterocycles. The van der Waals surface area contributed by atoms with Crippen molar-refractivity contribution in [3.05, 3.63) is 0 Å². The van der Waals surface area contributed by atoms with Crippen LogP contribution in [0.1, 0.15) is 0 Å². The predicted molar refractivity (Wildman–Crippen MR) is 5.81 cm³/mol. The SMILES string of the molecule is [Fe+2].[Na+].[OH-].[OH-].[OH-]. The van der Waals surface area contributed by atoms with Gasteiger partial charge in [0.25, 0.3) is 0 Å². The van der Waals surface area contributed by atoms with Gasteiger partial charge in [-0.05, 0) is 0 Å². The molecule has 30 valence electrons. The van der Waals surface area contributed by atoms with E-state index in [1.807, 2.05) is 0 Å². The van der Waals surface area contributed by atoms with Gasteiger partial charge in [0.05, 0.1) is 0 Å². The molecule has 0 aromatic heterocycles. The van der Waals surface area contributed by atoms with Gasteiger partial charge < -0.3 is 16.4 Å². The first-order valence-electron chi connectivity index (χ1n) is 0. The molecule has 0 rings (SSSR count). The Labute approximate surface area is 62.8 Å². The molecular formula is H3FeNaO3. The molecule has 5 heteroatoms. The van der Waals surface area contributed by atoms with Crippen molar-refractivity contribution < 1.29 is 63.1 Å². The molecule has 0 amide bonds. The maximum atomic E-state index is 0. The first-order valence-corrected chi connectivity index (χ1v) is 0. The largest absolute Gasteiger partial charge is 2.00 e. The van der Waals surface area contributed by atoms with E-state index in [0.717, 1.165) is 0 Å². The molecule has 5 heavy (non-hydrogen) atoms. The monoisotopic (exact) mass is 130 g/mol. The smallest absolute Gasteiger partial charge is 0.870 e. The minimum Gasteiger partial charge on any atom is -0.870 e. The summed E-state index contributed by atoms with van der Waals surface area (Å²) in [6.07, 6.45) is 0. The van der Waals surface area contributed by atoms with Crippen LogP contribution in [0.3, 0.4) is 0 Å². The van der Waals surface area contributed by atoms with E-state index in [9.17, 15) is 0 Å². The Balaban J connectivity index is 0. The summed E-state index contributed by atoms with van der Waals surface area (Å²) in [4.78, 5) is 0. The van der Waals surface area contributed by atoms with Crippen LogP contribution in [-0.2, 0) is 17.1 Å². The maximum absolute atomic E-state index is 0. The first kappa shape index (κ1) is 95.3. The molecule has 3 nitrogen and oxygen atoms in total. The van der Waals surface area contributed by atoms with Crippen molar-refractivity contribution in [2.75, 3.05) is 0 Å². The summed E-state index contributed by atoms with van der Waals surface area (Å²) in [5.41, 5.74) is 0. The summed E-state index contributed by atoms with van der Waals surface area (Å²) >= 11 is 0. The second-order valence-electron chi connectivity index (χ2n) is 0. The molecule has 0 atom stereocenters. The van der Waals surface area contributed by atoms with Crippen molar-refractivity contribution in [3.8, 4) is 0 Å². The standard InChI is InChI=1S/Fe.Na.3H2O/h;;3*1H2/q+2;+1;;;/p-3. The third-order valence-corrected chi connectivity index (χ3v) is 0. The molecule has 0 aliphatic rings. The van der Waals surface area contributed by atoms with Crippen molar-refractivity contribution in [1.29, 1.82) is 0 Å². The average molecular weight is 130 g/mol. The Morgan fingerprint density at radius 2 is 0.600 bits per heavy atom. The Bertz CT molecular complexity index is 6.85. The fourth-order valence-electron chi connectivity index (χ4n) is 0. The van der Waals surface area contributed by atoms with Gasteiger partial charge in [0.1, 0.15) is 0 Å². The minimum atomic E-state index is 0. The van der Waals surface area contributed by atoms with Gasteiger partial charge in [0.15, 0.2) is 0 Å². The Morgan fingerprint density at radius 1 is 0.600 bits per heavy atom. The summed E-state index contributed by atoms with van der Waals surface area (Å²) in [5, 5.41) is 0. The van der Waals surface area contributed by atoms with Gasteiger partial charge in [-0.2, -0.15) is 0 Å². The summed E-state index contributed by atoms with van der Waals surface area (Å²) in [6, 6.07) is 0. The second kappa shape index (κ2) is 53.4. The van der Waals surface area contributed by atoms with Gasteiger partial charge in [-0.1, -0.05) is 0 Å². The zero-order valence-corrected chi connectivity index (χ0v) is 5.80. The van der Waals surface area contributed by atoms with E-state index < -0.39 is 0 Å². The molecule has 0 bridgehead atoms. The van der Waals surface area contributed by atoms with Crippen LogP contribution in [0.15, 0.2) is 0 Å². The molecule has 0 fully saturated rings. The van der Waals surface area contributed by atoms with Crippen molar-refractivity contribution in [2.24, 2.45) is 0 Å². The third kappa shape index (κ3) is 31.9. The summed E-state index contributed by atoms with van der Waals surface area (Å²) in [5.74, 6) is 0. The first-order chi connectivity index (χ1) is 0. The van der Waals surface area contributed by atoms with Crippen LogP contribution in [0.25, 0.3) is 0 Å². The Kier molecular flexibility index (Phi) is 1020. The minimum absolute atomic E-state index is 0. The molecule has 0 unspecified atom stereocenters. The molecule has 0 saturated carbocycles. The molecular weight excluding hydrogens is 127 g/mol. The van der Waals surface area contributed by atoms with Gasteiger partial charge in [-0.15, -0.1) is 0 Å². The fraction of sp³-hybridized carbons (Fsp3) is 0. The number of hydrogen-bond acceptors (Lipinski definition) is 3. The van der Waals surface area contributed by atoms with Crippen LogP contribution >= 0.6 is 0 Å². The van der Waals surface area contributed by atoms with E-state index in [1.165, 1.54) is 0 Å². The number of rotatable bonds is 0. The van der Waals surface area contributed by atoms with E-state index in [1.54, 1.807) is 0 Å². The van der Waals surface area contributed by atoms with E-state index in [4.69, 9.17) is 0 Å². The van der Waals surface area contributed by atoms with Gasteiger partial charge in [0, 0.05) is 0 Å². The molecule has 0 radical (unpaired) electrons. The van der Waals surface area contributed by atoms with Crippen LogP contribution in [-0.4, -0.2) is 16.4 Å². The molecule has 3 N–H and O–H groups in total. The Morgan fingerprint density at radius 3 is 0.600 bits per heavy atom. The molecule has 0 aromatic carbocycles. The van der Waals surface area contributed by atoms with Crippen molar-refractivity contribution >= 4 is 0 Å². The summed E-state index contributed by atoms with van der Waals surface area (Å²) in [7, 11) is 0. The van der Waals surface area contributed by atoms with E-state index in [0.29, 0.717) is 0 Å². The van der Waals surface area contributed by atoms with Crippen LogP contribution in [0.2, 0.25) is 0 Å². The molecule has 0 spiro atoms. The van der Waals surface area contributed by atoms with Crippen LogP contribution in [0, 0.1) is 0 Å². The topological polar surface area (TPSA) is 90.0 Å². The van der Waals surface area contributed by atoms with Gasteiger partial charge in [-0.3, -0.25) is 0 Å². The summed E-state index contributed by atoms with van der Waals surface area (Å²) < 4.78 is 0. The fourth-order valence-corrected chi connectivity index (χ4v) is 0. The zero-order chi connectivity index (χ0) is 0. The van der Waals surface area contributed by atoms with Gasteiger partial charge in [0.2, 0.25) is 0 Å². The summed E-state index contributed by atoms with van der Waals surface area (Å²) in [6.45, 7) is 0. The molecule has 0 aliphatic heterocycles. The molecule has 0 aromatic rings. The van der Waals surface area contributed by atoms with E-state index in [2.05, 4.69) is 0 Å². The van der Waals surface area contributed by atoms with Gasteiger partial charge >= 0.3 is 46.6 Å². The average Bonchev–Trinajstić information content (AvgIpc) is 0. The van der Waals surface area contributed by atoms with Gasteiger partial charge in [-0.25, -0.2) is 0 Å². The zero-order valence-electron chi connectivity index (χ0n) is 2.70. The van der Waals surface area contributed by atoms with Crippen LogP contribution in [0.4, 0.5) is 0 Å².